The van der Waals surface area contributed by atoms with Crippen molar-refractivity contribution in [2.75, 3.05) is 34.4 Å². The van der Waals surface area contributed by atoms with Crippen molar-refractivity contribution in [3.05, 3.63) is 58.1 Å². The molecule has 6 nitrogen and oxygen atoms in total. The molecule has 3 rings (SSSR count). The first kappa shape index (κ1) is 28.6. The van der Waals surface area contributed by atoms with Gasteiger partial charge < -0.3 is 19.5 Å². The summed E-state index contributed by atoms with van der Waals surface area (Å²) in [6.07, 6.45) is 7.26. The summed E-state index contributed by atoms with van der Waals surface area (Å²) in [5.41, 5.74) is 1.75. The number of ether oxygens (including phenoxy) is 3. The van der Waals surface area contributed by atoms with Crippen LogP contribution < -0.4 is 14.8 Å². The number of carbonyl (C=O) groups excluding carboxylic acids is 1. The second-order valence-electron chi connectivity index (χ2n) is 8.86. The molecule has 1 atom stereocenters. The zero-order chi connectivity index (χ0) is 25.6. The van der Waals surface area contributed by atoms with Crippen LogP contribution in [0.4, 0.5) is 0 Å². The third-order valence-electron chi connectivity index (χ3n) is 6.38. The molecule has 1 aliphatic rings. The Bertz CT molecular complexity index is 968. The maximum absolute atomic E-state index is 10.7. The van der Waals surface area contributed by atoms with E-state index in [9.17, 15) is 4.79 Å². The zero-order valence-electron chi connectivity index (χ0n) is 21.2. The van der Waals surface area contributed by atoms with Crippen molar-refractivity contribution in [2.45, 2.75) is 45.1 Å². The molecule has 1 fully saturated rings. The molecule has 1 N–H and O–H groups in total. The first-order valence-corrected chi connectivity index (χ1v) is 12.5. The lowest BCUT2D eigenvalue weighted by molar-refractivity contribution is 0.112. The van der Waals surface area contributed by atoms with E-state index in [2.05, 4.69) is 18.4 Å². The molecule has 0 aliphatic heterocycles. The van der Waals surface area contributed by atoms with Crippen LogP contribution in [0.5, 0.6) is 11.5 Å². The fraction of sp³-hybridized carbons (Fsp3) is 0.500. The Labute approximate surface area is 214 Å². The van der Waals surface area contributed by atoms with Crippen LogP contribution in [0.1, 0.15) is 66.6 Å². The molecule has 0 radical (unpaired) electrons. The highest BCUT2D eigenvalue weighted by molar-refractivity contribution is 6.32. The topological polar surface area (TPSA) is 80.6 Å². The summed E-state index contributed by atoms with van der Waals surface area (Å²) in [6.45, 7) is 3.99. The van der Waals surface area contributed by atoms with Crippen LogP contribution in [-0.2, 0) is 4.74 Å². The van der Waals surface area contributed by atoms with Crippen molar-refractivity contribution < 1.29 is 19.0 Å². The van der Waals surface area contributed by atoms with Crippen LogP contribution in [0.3, 0.4) is 0 Å². The molecule has 0 spiro atoms. The molecule has 2 aromatic rings. The molecule has 35 heavy (non-hydrogen) atoms. The summed E-state index contributed by atoms with van der Waals surface area (Å²) in [5.74, 6) is 2.97. The lowest BCUT2D eigenvalue weighted by Gasteiger charge is -2.28. The number of aldehydes is 1. The van der Waals surface area contributed by atoms with Crippen molar-refractivity contribution >= 4 is 17.9 Å². The van der Waals surface area contributed by atoms with Crippen LogP contribution in [0.25, 0.3) is 0 Å². The minimum absolute atomic E-state index is 0.354. The van der Waals surface area contributed by atoms with Gasteiger partial charge in [0, 0.05) is 24.8 Å². The lowest BCUT2D eigenvalue weighted by atomic mass is 9.81. The highest BCUT2D eigenvalue weighted by Gasteiger charge is 2.20. The molecule has 1 unspecified atom stereocenters. The van der Waals surface area contributed by atoms with E-state index in [-0.39, 0.29) is 6.10 Å². The number of nitrogens with one attached hydrogen (secondary N) is 1. The summed E-state index contributed by atoms with van der Waals surface area (Å²) >= 11 is 6.10. The molecule has 7 heteroatoms. The Balaban J connectivity index is 0.000000283. The van der Waals surface area contributed by atoms with Gasteiger partial charge in [0.25, 0.3) is 0 Å². The fourth-order valence-electron chi connectivity index (χ4n) is 4.36. The summed E-state index contributed by atoms with van der Waals surface area (Å²) in [6, 6.07) is 12.0. The highest BCUT2D eigenvalue weighted by Crippen LogP contribution is 2.33. The van der Waals surface area contributed by atoms with Gasteiger partial charge in [0.15, 0.2) is 0 Å². The molecule has 0 heterocycles. The van der Waals surface area contributed by atoms with Crippen LogP contribution in [-0.4, -0.2) is 40.7 Å². The standard InChI is InChI=1S/C17H14ClNO3.C11H23NO/c1-11(14-7-12(9-19)3-5-16(14)21-2)22-17-6-4-13(10-20)8-15(17)18;1-12-9-11-5-3-10(4-6-11)7-8-13-2/h3-8,10-11H,1-2H3;10-12H,3-9H2,1-2H3. The second kappa shape index (κ2) is 15.4. The van der Waals surface area contributed by atoms with Crippen molar-refractivity contribution in [3.63, 3.8) is 0 Å². The predicted octanol–water partition coefficient (Wildman–Crippen LogP) is 6.22. The van der Waals surface area contributed by atoms with Gasteiger partial charge in [0.2, 0.25) is 0 Å². The number of carbonyl (C=O) groups is 1. The average Bonchev–Trinajstić information content (AvgIpc) is 2.89. The Hall–Kier alpha value is -2.59. The van der Waals surface area contributed by atoms with Gasteiger partial charge >= 0.3 is 0 Å². The van der Waals surface area contributed by atoms with Gasteiger partial charge in [-0.05, 0) is 88.0 Å². The maximum Gasteiger partial charge on any atom is 0.150 e. The number of hydrogen-bond donors (Lipinski definition) is 1. The Morgan fingerprint density at radius 2 is 1.80 bits per heavy atom. The van der Waals surface area contributed by atoms with E-state index in [0.29, 0.717) is 27.6 Å². The third kappa shape index (κ3) is 9.18. The van der Waals surface area contributed by atoms with E-state index in [0.717, 1.165) is 30.3 Å². The van der Waals surface area contributed by atoms with Crippen LogP contribution >= 0.6 is 11.6 Å². The van der Waals surface area contributed by atoms with Gasteiger partial charge in [-0.25, -0.2) is 0 Å². The largest absolute Gasteiger partial charge is 0.496 e. The minimum atomic E-state index is -0.372. The van der Waals surface area contributed by atoms with E-state index < -0.39 is 0 Å². The molecule has 1 aliphatic carbocycles. The van der Waals surface area contributed by atoms with E-state index in [4.69, 9.17) is 31.1 Å². The molecule has 1 saturated carbocycles. The molecule has 0 amide bonds. The maximum atomic E-state index is 10.7. The Morgan fingerprint density at radius 1 is 1.11 bits per heavy atom. The van der Waals surface area contributed by atoms with Gasteiger partial charge in [-0.15, -0.1) is 0 Å². The second-order valence-corrected chi connectivity index (χ2v) is 9.27. The van der Waals surface area contributed by atoms with Gasteiger partial charge in [-0.3, -0.25) is 4.79 Å². The number of rotatable bonds is 10. The molecule has 190 valence electrons. The number of hydrogen-bond acceptors (Lipinski definition) is 6. The normalized spacial score (nSPS) is 17.9. The monoisotopic (exact) mass is 500 g/mol. The molecule has 2 aromatic carbocycles. The highest BCUT2D eigenvalue weighted by atomic mass is 35.5. The Morgan fingerprint density at radius 3 is 2.37 bits per heavy atom. The number of halogens is 1. The molecule has 0 bridgehead atoms. The van der Waals surface area contributed by atoms with Crippen molar-refractivity contribution in [2.24, 2.45) is 11.8 Å². The Kier molecular flexibility index (Phi) is 12.6. The van der Waals surface area contributed by atoms with Crippen molar-refractivity contribution in [3.8, 4) is 17.6 Å². The van der Waals surface area contributed by atoms with E-state index in [1.165, 1.54) is 38.6 Å². The molecule has 0 saturated heterocycles. The summed E-state index contributed by atoms with van der Waals surface area (Å²) in [4.78, 5) is 10.7. The first-order chi connectivity index (χ1) is 16.9. The zero-order valence-corrected chi connectivity index (χ0v) is 21.9. The van der Waals surface area contributed by atoms with Gasteiger partial charge in [-0.2, -0.15) is 5.26 Å². The van der Waals surface area contributed by atoms with Gasteiger partial charge in [0.1, 0.15) is 23.9 Å². The smallest absolute Gasteiger partial charge is 0.150 e. The molecular weight excluding hydrogens is 464 g/mol. The number of benzene rings is 2. The van der Waals surface area contributed by atoms with Gasteiger partial charge in [0.05, 0.1) is 23.8 Å². The fourth-order valence-corrected chi connectivity index (χ4v) is 4.59. The quantitative estimate of drug-likeness (QED) is 0.390. The van der Waals surface area contributed by atoms with Gasteiger partial charge in [-0.1, -0.05) is 24.4 Å². The van der Waals surface area contributed by atoms with Crippen molar-refractivity contribution in [1.82, 2.24) is 5.32 Å². The van der Waals surface area contributed by atoms with E-state index in [1.54, 1.807) is 50.6 Å². The van der Waals surface area contributed by atoms with Crippen molar-refractivity contribution in [1.29, 1.82) is 5.26 Å². The van der Waals surface area contributed by atoms with E-state index >= 15 is 0 Å². The summed E-state index contributed by atoms with van der Waals surface area (Å²) in [5, 5.41) is 12.6. The third-order valence-corrected chi connectivity index (χ3v) is 6.68. The predicted molar refractivity (Wildman–Crippen MR) is 139 cm³/mol. The minimum Gasteiger partial charge on any atom is -0.496 e. The van der Waals surface area contributed by atoms with E-state index in [1.807, 2.05) is 6.92 Å². The number of nitrogens with zero attached hydrogens (tertiary/aromatic N) is 1. The number of methoxy groups -OCH3 is 2. The van der Waals surface area contributed by atoms with Crippen LogP contribution in [0.2, 0.25) is 5.02 Å². The van der Waals surface area contributed by atoms with Crippen LogP contribution in [0.15, 0.2) is 36.4 Å². The lowest BCUT2D eigenvalue weighted by Crippen LogP contribution is -2.24. The average molecular weight is 501 g/mol. The molecule has 0 aromatic heterocycles. The molecular formula is C28H37ClN2O4. The van der Waals surface area contributed by atoms with Crippen LogP contribution in [0, 0.1) is 23.2 Å². The summed E-state index contributed by atoms with van der Waals surface area (Å²) < 4.78 is 16.2. The summed E-state index contributed by atoms with van der Waals surface area (Å²) in [7, 11) is 5.41. The first-order valence-electron chi connectivity index (χ1n) is 12.1. The number of nitriles is 1. The SMILES string of the molecule is CNCC1CCC(CCOC)CC1.COc1ccc(C#N)cc1C(C)Oc1ccc(C=O)cc1Cl.